The third-order valence-electron chi connectivity index (χ3n) is 5.90. The zero-order valence-electron chi connectivity index (χ0n) is 17.6. The number of allylic oxidation sites excluding steroid dienone is 2. The Hall–Kier alpha value is -3.03. The minimum Gasteiger partial charge on any atom is -0.292 e. The Morgan fingerprint density at radius 1 is 1.00 bits per heavy atom. The molecule has 2 atom stereocenters. The number of hydrogen-bond acceptors (Lipinski definition) is 4. The Kier molecular flexibility index (Phi) is 6.36. The number of fused-ring (bicyclic) bond motifs is 1. The third kappa shape index (κ3) is 4.43. The number of carbonyl (C=O) groups excluding carboxylic acids is 4. The van der Waals surface area contributed by atoms with Gasteiger partial charge >= 0.3 is 0 Å². The Balaban J connectivity index is 1.71. The third-order valence-corrected chi connectivity index (χ3v) is 6.64. The number of hydrazine groups is 1. The van der Waals surface area contributed by atoms with Crippen LogP contribution in [0.3, 0.4) is 0 Å². The van der Waals surface area contributed by atoms with Gasteiger partial charge in [0.25, 0.3) is 17.7 Å². The summed E-state index contributed by atoms with van der Waals surface area (Å²) in [6.45, 7) is 1.29. The summed E-state index contributed by atoms with van der Waals surface area (Å²) in [5.41, 5.74) is 1.18. The number of nitrogens with zero attached hydrogens (tertiary/aromatic N) is 2. The molecule has 1 saturated heterocycles. The molecule has 6 nitrogen and oxygen atoms in total. The van der Waals surface area contributed by atoms with Crippen LogP contribution in [0.4, 0.5) is 4.39 Å². The van der Waals surface area contributed by atoms with Crippen molar-refractivity contribution in [2.45, 2.75) is 19.8 Å². The first-order valence-corrected chi connectivity index (χ1v) is 11.0. The number of imide groups is 1. The summed E-state index contributed by atoms with van der Waals surface area (Å²) in [6.07, 6.45) is 2.70. The second-order valence-corrected chi connectivity index (χ2v) is 8.93. The molecule has 0 unspecified atom stereocenters. The topological polar surface area (TPSA) is 74.8 Å². The number of ketones is 1. The molecule has 2 aromatic carbocycles. The van der Waals surface area contributed by atoms with Crippen LogP contribution in [-0.4, -0.2) is 40.1 Å². The number of hydrogen-bond donors (Lipinski definition) is 0. The Morgan fingerprint density at radius 2 is 1.64 bits per heavy atom. The van der Waals surface area contributed by atoms with Crippen molar-refractivity contribution in [2.24, 2.45) is 11.8 Å². The fourth-order valence-corrected chi connectivity index (χ4v) is 4.43. The highest BCUT2D eigenvalue weighted by atomic mass is 35.5. The molecule has 0 bridgehead atoms. The lowest BCUT2D eigenvalue weighted by Gasteiger charge is -2.30. The van der Waals surface area contributed by atoms with Crippen molar-refractivity contribution >= 4 is 46.7 Å². The molecule has 2 aromatic rings. The molecule has 1 fully saturated rings. The van der Waals surface area contributed by atoms with E-state index in [1.165, 1.54) is 30.3 Å². The van der Waals surface area contributed by atoms with E-state index in [9.17, 15) is 23.6 Å². The summed E-state index contributed by atoms with van der Waals surface area (Å²) in [6, 6.07) is 8.92. The highest BCUT2D eigenvalue weighted by Crippen LogP contribution is 2.38. The molecule has 0 radical (unpaired) electrons. The van der Waals surface area contributed by atoms with Crippen LogP contribution in [0.2, 0.25) is 10.0 Å². The van der Waals surface area contributed by atoms with Gasteiger partial charge in [-0.1, -0.05) is 34.9 Å². The van der Waals surface area contributed by atoms with Crippen LogP contribution in [0.15, 0.2) is 54.1 Å². The normalized spacial score (nSPS) is 19.9. The van der Waals surface area contributed by atoms with Crippen molar-refractivity contribution < 1.29 is 23.6 Å². The molecule has 4 rings (SSSR count). The second-order valence-electron chi connectivity index (χ2n) is 8.11. The molecule has 0 aromatic heterocycles. The maximum absolute atomic E-state index is 13.4. The van der Waals surface area contributed by atoms with E-state index in [-0.39, 0.29) is 21.2 Å². The largest absolute Gasteiger partial charge is 0.292 e. The zero-order valence-corrected chi connectivity index (χ0v) is 19.1. The maximum Gasteiger partial charge on any atom is 0.273 e. The molecular weight excluding hydrogens is 470 g/mol. The number of benzene rings is 2. The number of amides is 3. The first kappa shape index (κ1) is 23.1. The molecule has 0 saturated carbocycles. The maximum atomic E-state index is 13.4. The summed E-state index contributed by atoms with van der Waals surface area (Å²) in [4.78, 5) is 52.8. The van der Waals surface area contributed by atoms with Gasteiger partial charge in [0, 0.05) is 11.1 Å². The molecule has 9 heteroatoms. The van der Waals surface area contributed by atoms with Crippen molar-refractivity contribution in [1.82, 2.24) is 10.0 Å². The van der Waals surface area contributed by atoms with Gasteiger partial charge in [-0.3, -0.25) is 19.2 Å². The van der Waals surface area contributed by atoms with Gasteiger partial charge < -0.3 is 0 Å². The summed E-state index contributed by atoms with van der Waals surface area (Å²) in [5, 5.41) is 1.97. The van der Waals surface area contributed by atoms with Crippen molar-refractivity contribution in [3.63, 3.8) is 0 Å². The number of halogens is 3. The first-order valence-electron chi connectivity index (χ1n) is 10.3. The van der Waals surface area contributed by atoms with E-state index < -0.39 is 47.7 Å². The first-order chi connectivity index (χ1) is 15.7. The average molecular weight is 489 g/mol. The van der Waals surface area contributed by atoms with Gasteiger partial charge in [-0.05, 0) is 62.2 Å². The molecule has 170 valence electrons. The van der Waals surface area contributed by atoms with Gasteiger partial charge in [0.1, 0.15) is 12.4 Å². The number of carbonyl (C=O) groups is 4. The predicted octanol–water partition coefficient (Wildman–Crippen LogP) is 4.71. The lowest BCUT2D eigenvalue weighted by Crippen LogP contribution is -2.52. The fraction of sp³-hybridized carbons (Fsp3) is 0.250. The van der Waals surface area contributed by atoms with Crippen LogP contribution >= 0.6 is 23.2 Å². The van der Waals surface area contributed by atoms with Gasteiger partial charge in [0.05, 0.1) is 21.9 Å². The second kappa shape index (κ2) is 9.08. The van der Waals surface area contributed by atoms with Crippen molar-refractivity contribution in [2.75, 3.05) is 6.54 Å². The van der Waals surface area contributed by atoms with Crippen LogP contribution in [0.1, 0.15) is 40.5 Å². The summed E-state index contributed by atoms with van der Waals surface area (Å²) < 4.78 is 13.3. The molecule has 1 heterocycles. The highest BCUT2D eigenvalue weighted by molar-refractivity contribution is 6.42. The van der Waals surface area contributed by atoms with E-state index in [1.807, 2.05) is 13.0 Å². The SMILES string of the molecule is CC1=CC[C@H]2C(=O)N(N(CC(=O)c3ccc(F)cc3)C(=O)c3ccc(Cl)c(Cl)c3)C(=O)[C@@H]2C1. The lowest BCUT2D eigenvalue weighted by molar-refractivity contribution is -0.154. The Labute approximate surface area is 199 Å². The van der Waals surface area contributed by atoms with E-state index in [1.54, 1.807) is 0 Å². The molecule has 0 N–H and O–H groups in total. The van der Waals surface area contributed by atoms with Crippen molar-refractivity contribution in [1.29, 1.82) is 0 Å². The van der Waals surface area contributed by atoms with Crippen LogP contribution in [0.5, 0.6) is 0 Å². The van der Waals surface area contributed by atoms with E-state index in [4.69, 9.17) is 23.2 Å². The highest BCUT2D eigenvalue weighted by Gasteiger charge is 2.51. The van der Waals surface area contributed by atoms with Crippen LogP contribution in [-0.2, 0) is 9.59 Å². The fourth-order valence-electron chi connectivity index (χ4n) is 4.13. The van der Waals surface area contributed by atoms with E-state index >= 15 is 0 Å². The van der Waals surface area contributed by atoms with E-state index in [0.29, 0.717) is 12.8 Å². The Bertz CT molecular complexity index is 1200. The molecule has 1 aliphatic carbocycles. The standard InChI is InChI=1S/C24H19Cl2FN2O4/c1-13-2-8-17-18(10-13)24(33)29(23(17)32)28(12-21(30)14-3-6-16(27)7-4-14)22(31)15-5-9-19(25)20(26)11-15/h2-7,9,11,17-18H,8,10,12H2,1H3/t17-,18-/m1/s1. The average Bonchev–Trinajstić information content (AvgIpc) is 3.03. The van der Waals surface area contributed by atoms with Gasteiger partial charge in [-0.15, -0.1) is 0 Å². The van der Waals surface area contributed by atoms with Gasteiger partial charge in [0.2, 0.25) is 0 Å². The molecule has 1 aliphatic heterocycles. The molecule has 33 heavy (non-hydrogen) atoms. The molecule has 0 spiro atoms. The smallest absolute Gasteiger partial charge is 0.273 e. The predicted molar refractivity (Wildman–Crippen MR) is 120 cm³/mol. The zero-order chi connectivity index (χ0) is 23.9. The minimum atomic E-state index is -0.756. The molecule has 3 amide bonds. The van der Waals surface area contributed by atoms with E-state index in [0.717, 1.165) is 27.7 Å². The monoisotopic (exact) mass is 488 g/mol. The number of Topliss-reactive ketones (excluding diaryl/α,β-unsaturated/α-hetero) is 1. The lowest BCUT2D eigenvalue weighted by atomic mass is 9.82. The van der Waals surface area contributed by atoms with Crippen molar-refractivity contribution in [3.8, 4) is 0 Å². The van der Waals surface area contributed by atoms with Crippen LogP contribution in [0.25, 0.3) is 0 Å². The van der Waals surface area contributed by atoms with Crippen LogP contribution < -0.4 is 0 Å². The van der Waals surface area contributed by atoms with Gasteiger partial charge in [0.15, 0.2) is 5.78 Å². The number of rotatable bonds is 5. The van der Waals surface area contributed by atoms with Crippen molar-refractivity contribution in [3.05, 3.63) is 81.1 Å². The molecular formula is C24H19Cl2FN2O4. The molecule has 2 aliphatic rings. The van der Waals surface area contributed by atoms with Gasteiger partial charge in [-0.25, -0.2) is 9.40 Å². The van der Waals surface area contributed by atoms with E-state index in [2.05, 4.69) is 0 Å². The van der Waals surface area contributed by atoms with Gasteiger partial charge in [-0.2, -0.15) is 5.01 Å². The van der Waals surface area contributed by atoms with Crippen LogP contribution in [0, 0.1) is 17.7 Å². The summed E-state index contributed by atoms with van der Waals surface area (Å²) >= 11 is 12.0. The Morgan fingerprint density at radius 3 is 2.30 bits per heavy atom. The minimum absolute atomic E-state index is 0.0566. The quantitative estimate of drug-likeness (QED) is 0.346. The summed E-state index contributed by atoms with van der Waals surface area (Å²) in [5.74, 6) is -4.08. The summed E-state index contributed by atoms with van der Waals surface area (Å²) in [7, 11) is 0.